The van der Waals surface area contributed by atoms with E-state index in [4.69, 9.17) is 16.3 Å². The number of benzene rings is 1. The number of imidazole rings is 1. The van der Waals surface area contributed by atoms with E-state index in [1.165, 1.54) is 0 Å². The van der Waals surface area contributed by atoms with E-state index in [1.54, 1.807) is 39.2 Å². The number of aromatic amines is 1. The van der Waals surface area contributed by atoms with Gasteiger partial charge in [0.2, 0.25) is 0 Å². The molecule has 2 amide bonds. The van der Waals surface area contributed by atoms with Gasteiger partial charge in [-0.05, 0) is 75.6 Å². The molecule has 0 unspecified atom stereocenters. The minimum absolute atomic E-state index is 0.229. The van der Waals surface area contributed by atoms with Gasteiger partial charge in [0, 0.05) is 42.1 Å². The Labute approximate surface area is 220 Å². The maximum atomic E-state index is 12.7. The smallest absolute Gasteiger partial charge is 0.413 e. The van der Waals surface area contributed by atoms with Crippen molar-refractivity contribution in [3.8, 4) is 0 Å². The van der Waals surface area contributed by atoms with Gasteiger partial charge < -0.3 is 15.0 Å². The van der Waals surface area contributed by atoms with Crippen molar-refractivity contribution in [3.63, 3.8) is 0 Å². The highest BCUT2D eigenvalue weighted by atomic mass is 35.5. The first-order valence-corrected chi connectivity index (χ1v) is 12.2. The van der Waals surface area contributed by atoms with Crippen LogP contribution in [0.3, 0.4) is 0 Å². The third-order valence-electron chi connectivity index (χ3n) is 5.56. The van der Waals surface area contributed by atoms with Gasteiger partial charge in [-0.25, -0.2) is 14.8 Å². The fourth-order valence-corrected chi connectivity index (χ4v) is 4.06. The van der Waals surface area contributed by atoms with Crippen molar-refractivity contribution in [1.82, 2.24) is 25.3 Å². The lowest BCUT2D eigenvalue weighted by molar-refractivity contribution is 0.0635. The van der Waals surface area contributed by atoms with Crippen LogP contribution >= 0.6 is 11.6 Å². The van der Waals surface area contributed by atoms with Crippen LogP contribution in [0.4, 0.5) is 10.6 Å². The van der Waals surface area contributed by atoms with Gasteiger partial charge in [0.15, 0.2) is 5.82 Å². The molecular formula is C27H29ClN6O3. The average Bonchev–Trinajstić information content (AvgIpc) is 3.25. The van der Waals surface area contributed by atoms with Crippen LogP contribution in [0.25, 0.3) is 10.9 Å². The largest absolute Gasteiger partial charge is 0.444 e. The molecule has 4 rings (SSSR count). The SMILES string of the molecule is Cc1cc(NC(=O)OC(C)(C)C)nc(C)c1CNC(=O)c1ncc(Cc2ccc3ncc(Cl)cc3c2)[nH]1. The molecule has 192 valence electrons. The highest BCUT2D eigenvalue weighted by Gasteiger charge is 2.18. The van der Waals surface area contributed by atoms with Crippen LogP contribution in [0.1, 0.15) is 59.5 Å². The lowest BCUT2D eigenvalue weighted by Crippen LogP contribution is -2.28. The first-order chi connectivity index (χ1) is 17.5. The number of carbonyl (C=O) groups is 2. The predicted molar refractivity (Wildman–Crippen MR) is 143 cm³/mol. The minimum atomic E-state index is -0.606. The van der Waals surface area contributed by atoms with Crippen molar-refractivity contribution in [1.29, 1.82) is 0 Å². The van der Waals surface area contributed by atoms with Gasteiger partial charge in [0.05, 0.1) is 10.5 Å². The Morgan fingerprint density at radius 1 is 1.08 bits per heavy atom. The Morgan fingerprint density at radius 2 is 1.86 bits per heavy atom. The highest BCUT2D eigenvalue weighted by molar-refractivity contribution is 6.31. The van der Waals surface area contributed by atoms with Crippen molar-refractivity contribution in [3.05, 3.63) is 81.7 Å². The van der Waals surface area contributed by atoms with E-state index < -0.39 is 11.7 Å². The number of ether oxygens (including phenoxy) is 1. The van der Waals surface area contributed by atoms with Gasteiger partial charge >= 0.3 is 6.09 Å². The van der Waals surface area contributed by atoms with E-state index in [0.717, 1.165) is 33.3 Å². The van der Waals surface area contributed by atoms with Gasteiger partial charge in [-0.3, -0.25) is 15.1 Å². The molecule has 0 aliphatic carbocycles. The van der Waals surface area contributed by atoms with Crippen LogP contribution in [0.5, 0.6) is 0 Å². The Hall–Kier alpha value is -3.98. The summed E-state index contributed by atoms with van der Waals surface area (Å²) in [6.45, 7) is 9.37. The first-order valence-electron chi connectivity index (χ1n) is 11.8. The summed E-state index contributed by atoms with van der Waals surface area (Å²) in [5, 5.41) is 7.07. The third-order valence-corrected chi connectivity index (χ3v) is 5.77. The summed E-state index contributed by atoms with van der Waals surface area (Å²) in [4.78, 5) is 40.9. The number of amides is 2. The second kappa shape index (κ2) is 10.6. The Bertz CT molecular complexity index is 1450. The van der Waals surface area contributed by atoms with Crippen molar-refractivity contribution in [2.24, 2.45) is 0 Å². The van der Waals surface area contributed by atoms with E-state index in [0.29, 0.717) is 23.0 Å². The van der Waals surface area contributed by atoms with Gasteiger partial charge in [0.1, 0.15) is 11.4 Å². The molecule has 0 aliphatic rings. The van der Waals surface area contributed by atoms with Gasteiger partial charge in [0.25, 0.3) is 5.91 Å². The fourth-order valence-electron chi connectivity index (χ4n) is 3.90. The number of anilines is 1. The number of nitrogens with zero attached hydrogens (tertiary/aromatic N) is 3. The summed E-state index contributed by atoms with van der Waals surface area (Å²) in [6.07, 6.45) is 3.29. The number of aryl methyl sites for hydroxylation is 2. The van der Waals surface area contributed by atoms with Crippen LogP contribution in [0.2, 0.25) is 5.02 Å². The summed E-state index contributed by atoms with van der Waals surface area (Å²) in [6, 6.07) is 9.57. The molecule has 3 N–H and O–H groups in total. The average molecular weight is 521 g/mol. The molecule has 0 saturated carbocycles. The first kappa shape index (κ1) is 26.1. The number of pyridine rings is 2. The fraction of sp³-hybridized carbons (Fsp3) is 0.296. The molecule has 0 aliphatic heterocycles. The monoisotopic (exact) mass is 520 g/mol. The molecule has 4 aromatic rings. The number of H-pyrrole nitrogens is 1. The Kier molecular flexibility index (Phi) is 7.45. The third kappa shape index (κ3) is 6.83. The summed E-state index contributed by atoms with van der Waals surface area (Å²) in [5.41, 5.74) is 4.55. The molecule has 0 bridgehead atoms. The van der Waals surface area contributed by atoms with E-state index in [-0.39, 0.29) is 18.3 Å². The number of halogens is 1. The number of rotatable bonds is 6. The Balaban J connectivity index is 1.38. The molecule has 0 spiro atoms. The number of hydrogen-bond donors (Lipinski definition) is 3. The van der Waals surface area contributed by atoms with E-state index in [1.807, 2.05) is 38.1 Å². The summed E-state index contributed by atoms with van der Waals surface area (Å²) < 4.78 is 5.28. The van der Waals surface area contributed by atoms with Crippen molar-refractivity contribution < 1.29 is 14.3 Å². The summed E-state index contributed by atoms with van der Waals surface area (Å²) in [7, 11) is 0. The van der Waals surface area contributed by atoms with Crippen molar-refractivity contribution >= 4 is 40.3 Å². The van der Waals surface area contributed by atoms with Crippen LogP contribution in [-0.4, -0.2) is 37.5 Å². The maximum Gasteiger partial charge on any atom is 0.413 e. The van der Waals surface area contributed by atoms with E-state index >= 15 is 0 Å². The van der Waals surface area contributed by atoms with Gasteiger partial charge in [-0.2, -0.15) is 0 Å². The molecule has 0 fully saturated rings. The van der Waals surface area contributed by atoms with E-state index in [2.05, 4.69) is 30.6 Å². The molecule has 10 heteroatoms. The standard InChI is InChI=1S/C27H29ClN6O3/c1-15-8-23(34-26(36)37-27(3,4)5)32-16(2)21(15)14-31-25(35)24-30-13-20(33-24)10-17-6-7-22-18(9-17)11-19(28)12-29-22/h6-9,11-13H,10,14H2,1-5H3,(H,30,33)(H,31,35)(H,32,34,36). The van der Waals surface area contributed by atoms with Crippen LogP contribution in [0, 0.1) is 13.8 Å². The highest BCUT2D eigenvalue weighted by Crippen LogP contribution is 2.20. The Morgan fingerprint density at radius 3 is 2.59 bits per heavy atom. The summed E-state index contributed by atoms with van der Waals surface area (Å²) in [5.74, 6) is 0.296. The molecule has 0 atom stereocenters. The molecule has 1 aromatic carbocycles. The van der Waals surface area contributed by atoms with Crippen molar-refractivity contribution in [2.45, 2.75) is 53.2 Å². The topological polar surface area (TPSA) is 122 Å². The van der Waals surface area contributed by atoms with E-state index in [9.17, 15) is 9.59 Å². The zero-order chi connectivity index (χ0) is 26.7. The minimum Gasteiger partial charge on any atom is -0.444 e. The number of hydrogen-bond acceptors (Lipinski definition) is 6. The number of carbonyl (C=O) groups excluding carboxylic acids is 2. The van der Waals surface area contributed by atoms with Crippen molar-refractivity contribution in [2.75, 3.05) is 5.32 Å². The summed E-state index contributed by atoms with van der Waals surface area (Å²) >= 11 is 6.06. The van der Waals surface area contributed by atoms with Gasteiger partial charge in [-0.15, -0.1) is 0 Å². The second-order valence-corrected chi connectivity index (χ2v) is 10.2. The molecule has 0 saturated heterocycles. The maximum absolute atomic E-state index is 12.7. The molecule has 3 aromatic heterocycles. The molecule has 9 nitrogen and oxygen atoms in total. The molecule has 0 radical (unpaired) electrons. The normalized spacial score (nSPS) is 11.4. The predicted octanol–water partition coefficient (Wildman–Crippen LogP) is 5.49. The number of nitrogens with one attached hydrogen (secondary N) is 3. The number of aromatic nitrogens is 4. The molecule has 3 heterocycles. The lowest BCUT2D eigenvalue weighted by atomic mass is 10.1. The number of fused-ring (bicyclic) bond motifs is 1. The second-order valence-electron chi connectivity index (χ2n) is 9.81. The quantitative estimate of drug-likeness (QED) is 0.309. The molecule has 37 heavy (non-hydrogen) atoms. The zero-order valence-electron chi connectivity index (χ0n) is 21.4. The zero-order valence-corrected chi connectivity index (χ0v) is 22.2. The van der Waals surface area contributed by atoms with Crippen LogP contribution in [0.15, 0.2) is 42.7 Å². The van der Waals surface area contributed by atoms with Gasteiger partial charge in [-0.1, -0.05) is 17.7 Å². The van der Waals surface area contributed by atoms with Crippen LogP contribution < -0.4 is 10.6 Å². The molecular weight excluding hydrogens is 492 g/mol. The van der Waals surface area contributed by atoms with Crippen LogP contribution in [-0.2, 0) is 17.7 Å². The lowest BCUT2D eigenvalue weighted by Gasteiger charge is -2.20.